The van der Waals surface area contributed by atoms with Gasteiger partial charge in [-0.15, -0.1) is 0 Å². The summed E-state index contributed by atoms with van der Waals surface area (Å²) in [7, 11) is 1.52. The van der Waals surface area contributed by atoms with Crippen molar-refractivity contribution in [3.63, 3.8) is 0 Å². The number of aryl methyl sites for hydroxylation is 1. The van der Waals surface area contributed by atoms with Gasteiger partial charge in [-0.3, -0.25) is 4.90 Å². The maximum atomic E-state index is 13.0. The highest BCUT2D eigenvalue weighted by atomic mass is 19.1. The summed E-state index contributed by atoms with van der Waals surface area (Å²) in [6.45, 7) is 7.38. The lowest BCUT2D eigenvalue weighted by atomic mass is 10.1. The van der Waals surface area contributed by atoms with Crippen molar-refractivity contribution in [2.24, 2.45) is 0 Å². The van der Waals surface area contributed by atoms with Crippen LogP contribution in [0.15, 0.2) is 30.7 Å². The molecule has 1 aromatic carbocycles. The third-order valence-corrected chi connectivity index (χ3v) is 4.32. The van der Waals surface area contributed by atoms with Gasteiger partial charge >= 0.3 is 6.09 Å². The van der Waals surface area contributed by atoms with Crippen LogP contribution < -0.4 is 15.1 Å². The number of alkyl halides is 1. The monoisotopic (exact) mass is 335 g/mol. The fraction of sp³-hybridized carbons (Fsp3) is 0.471. The van der Waals surface area contributed by atoms with Crippen molar-refractivity contribution in [1.82, 2.24) is 5.32 Å². The first-order valence-corrected chi connectivity index (χ1v) is 7.92. The molecule has 6 nitrogen and oxygen atoms in total. The Morgan fingerprint density at radius 3 is 2.83 bits per heavy atom. The molecule has 7 heteroatoms. The van der Waals surface area contributed by atoms with Gasteiger partial charge in [-0.2, -0.15) is 0 Å². The minimum atomic E-state index is -0.742. The molecule has 2 aliphatic heterocycles. The minimum Gasteiger partial charge on any atom is -0.483 e. The topological polar surface area (TPSA) is 54.0 Å². The standard InChI is InChI=1S/C17H22FN3O3/c1-11-6-14(20-8-13(18)9-20)4-5-16(11)21-10-15(24-17(21)22)7-19-12(2)23-3/h4-6,13,15,19H,2,7-10H2,1,3H3. The summed E-state index contributed by atoms with van der Waals surface area (Å²) in [5.41, 5.74) is 2.75. The SMILES string of the molecule is C=C(NCC1CN(c2ccc(N3CC(F)C3)cc2C)C(=O)O1)OC. The van der Waals surface area contributed by atoms with Crippen molar-refractivity contribution < 1.29 is 18.7 Å². The minimum absolute atomic E-state index is 0.272. The number of halogens is 1. The summed E-state index contributed by atoms with van der Waals surface area (Å²) in [6, 6.07) is 5.79. The van der Waals surface area contributed by atoms with Crippen molar-refractivity contribution in [2.45, 2.75) is 19.2 Å². The second-order valence-corrected chi connectivity index (χ2v) is 6.10. The van der Waals surface area contributed by atoms with E-state index in [9.17, 15) is 9.18 Å². The first-order valence-electron chi connectivity index (χ1n) is 7.92. The number of ether oxygens (including phenoxy) is 2. The molecule has 1 atom stereocenters. The number of benzene rings is 1. The first kappa shape index (κ1) is 16.4. The molecule has 0 radical (unpaired) electrons. The maximum Gasteiger partial charge on any atom is 0.414 e. The van der Waals surface area contributed by atoms with Gasteiger partial charge in [-0.05, 0) is 37.3 Å². The lowest BCUT2D eigenvalue weighted by Crippen LogP contribution is -2.48. The van der Waals surface area contributed by atoms with Crippen LogP contribution in [0.25, 0.3) is 0 Å². The highest BCUT2D eigenvalue weighted by molar-refractivity contribution is 5.91. The number of nitrogens with one attached hydrogen (secondary N) is 1. The normalized spacial score (nSPS) is 20.6. The molecule has 0 spiro atoms. The molecule has 0 aromatic heterocycles. The van der Waals surface area contributed by atoms with Crippen LogP contribution in [0.4, 0.5) is 20.6 Å². The van der Waals surface area contributed by atoms with Crippen LogP contribution in [0.5, 0.6) is 0 Å². The van der Waals surface area contributed by atoms with Crippen molar-refractivity contribution in [3.05, 3.63) is 36.2 Å². The average Bonchev–Trinajstić information content (AvgIpc) is 2.90. The Morgan fingerprint density at radius 1 is 1.46 bits per heavy atom. The number of carbonyl (C=O) groups is 1. The predicted octanol–water partition coefficient (Wildman–Crippen LogP) is 2.19. The van der Waals surface area contributed by atoms with Crippen LogP contribution in [-0.4, -0.2) is 51.7 Å². The molecule has 0 bridgehead atoms. The Morgan fingerprint density at radius 2 is 2.21 bits per heavy atom. The average molecular weight is 335 g/mol. The fourth-order valence-electron chi connectivity index (χ4n) is 2.90. The number of nitrogens with zero attached hydrogens (tertiary/aromatic N) is 2. The molecule has 24 heavy (non-hydrogen) atoms. The van der Waals surface area contributed by atoms with Gasteiger partial charge in [-0.25, -0.2) is 9.18 Å². The molecule has 1 aromatic rings. The Kier molecular flexibility index (Phi) is 4.51. The highest BCUT2D eigenvalue weighted by Crippen LogP contribution is 2.31. The number of amides is 1. The van der Waals surface area contributed by atoms with E-state index < -0.39 is 6.17 Å². The molecule has 0 aliphatic carbocycles. The van der Waals surface area contributed by atoms with E-state index in [-0.39, 0.29) is 12.2 Å². The number of methoxy groups -OCH3 is 1. The van der Waals surface area contributed by atoms with Crippen LogP contribution >= 0.6 is 0 Å². The Labute approximate surface area is 140 Å². The van der Waals surface area contributed by atoms with Crippen LogP contribution in [-0.2, 0) is 9.47 Å². The second kappa shape index (κ2) is 6.59. The van der Waals surface area contributed by atoms with Crippen LogP contribution in [0.3, 0.4) is 0 Å². The Bertz CT molecular complexity index is 646. The fourth-order valence-corrected chi connectivity index (χ4v) is 2.90. The van der Waals surface area contributed by atoms with Crippen molar-refractivity contribution in [2.75, 3.05) is 43.1 Å². The van der Waals surface area contributed by atoms with Gasteiger partial charge in [0.25, 0.3) is 0 Å². The maximum absolute atomic E-state index is 13.0. The zero-order chi connectivity index (χ0) is 17.3. The van der Waals surface area contributed by atoms with E-state index in [0.29, 0.717) is 32.1 Å². The van der Waals surface area contributed by atoms with Gasteiger partial charge in [0, 0.05) is 5.69 Å². The van der Waals surface area contributed by atoms with E-state index in [1.165, 1.54) is 7.11 Å². The van der Waals surface area contributed by atoms with Gasteiger partial charge in [0.1, 0.15) is 12.3 Å². The van der Waals surface area contributed by atoms with E-state index in [0.717, 1.165) is 16.9 Å². The first-order chi connectivity index (χ1) is 11.5. The lowest BCUT2D eigenvalue weighted by Gasteiger charge is -2.36. The molecular formula is C17H22FN3O3. The highest BCUT2D eigenvalue weighted by Gasteiger charge is 2.33. The molecule has 2 heterocycles. The van der Waals surface area contributed by atoms with Crippen LogP contribution in [0.2, 0.25) is 0 Å². The third-order valence-electron chi connectivity index (χ3n) is 4.32. The summed E-state index contributed by atoms with van der Waals surface area (Å²) in [5.74, 6) is 0.436. The molecule has 130 valence electrons. The van der Waals surface area contributed by atoms with Gasteiger partial charge in [0.05, 0.1) is 39.0 Å². The van der Waals surface area contributed by atoms with Crippen LogP contribution in [0.1, 0.15) is 5.56 Å². The number of rotatable bonds is 6. The van der Waals surface area contributed by atoms with E-state index >= 15 is 0 Å². The zero-order valence-electron chi connectivity index (χ0n) is 13.9. The molecule has 3 rings (SSSR count). The summed E-state index contributed by atoms with van der Waals surface area (Å²) in [4.78, 5) is 15.7. The summed E-state index contributed by atoms with van der Waals surface area (Å²) < 4.78 is 23.3. The molecule has 2 saturated heterocycles. The quantitative estimate of drug-likeness (QED) is 0.808. The van der Waals surface area contributed by atoms with Gasteiger partial charge < -0.3 is 19.7 Å². The van der Waals surface area contributed by atoms with Crippen molar-refractivity contribution in [1.29, 1.82) is 0 Å². The van der Waals surface area contributed by atoms with Gasteiger partial charge in [-0.1, -0.05) is 0 Å². The predicted molar refractivity (Wildman–Crippen MR) is 90.1 cm³/mol. The largest absolute Gasteiger partial charge is 0.483 e. The van der Waals surface area contributed by atoms with Crippen molar-refractivity contribution >= 4 is 17.5 Å². The lowest BCUT2D eigenvalue weighted by molar-refractivity contribution is 0.137. The Balaban J connectivity index is 1.65. The molecule has 2 fully saturated rings. The smallest absolute Gasteiger partial charge is 0.414 e. The number of hydrogen-bond acceptors (Lipinski definition) is 5. The van der Waals surface area contributed by atoms with Crippen molar-refractivity contribution in [3.8, 4) is 0 Å². The summed E-state index contributed by atoms with van der Waals surface area (Å²) in [5, 5.41) is 2.96. The number of carbonyl (C=O) groups excluding carboxylic acids is 1. The van der Waals surface area contributed by atoms with Gasteiger partial charge in [0.15, 0.2) is 5.88 Å². The van der Waals surface area contributed by atoms with E-state index in [1.807, 2.05) is 30.0 Å². The van der Waals surface area contributed by atoms with Crippen LogP contribution in [0, 0.1) is 6.92 Å². The molecule has 1 unspecified atom stereocenters. The number of cyclic esters (lactones) is 1. The Hall–Kier alpha value is -2.44. The zero-order valence-corrected chi connectivity index (χ0v) is 13.9. The van der Waals surface area contributed by atoms with E-state index in [4.69, 9.17) is 9.47 Å². The van der Waals surface area contributed by atoms with E-state index in [1.54, 1.807) is 4.90 Å². The second-order valence-electron chi connectivity index (χ2n) is 6.10. The van der Waals surface area contributed by atoms with Gasteiger partial charge in [0.2, 0.25) is 0 Å². The molecule has 1 amide bonds. The molecule has 0 saturated carbocycles. The number of hydrogen-bond donors (Lipinski definition) is 1. The van der Waals surface area contributed by atoms with E-state index in [2.05, 4.69) is 11.9 Å². The molecule has 1 N–H and O–H groups in total. The number of anilines is 2. The summed E-state index contributed by atoms with van der Waals surface area (Å²) in [6.07, 6.45) is -1.38. The third kappa shape index (κ3) is 3.25. The molecule has 2 aliphatic rings. The summed E-state index contributed by atoms with van der Waals surface area (Å²) >= 11 is 0. The molecular weight excluding hydrogens is 313 g/mol.